The lowest BCUT2D eigenvalue weighted by atomic mass is 10.4. The standard InChI is InChI=1S/C8H13N3O/c1-5-4-9-7(10-5)8(12)11-6-2-3-6/h5-6H,2-4H2,1H3,(H,9,10)(H,11,12). The predicted molar refractivity (Wildman–Crippen MR) is 46.1 cm³/mol. The molecule has 4 heteroatoms. The Morgan fingerprint density at radius 2 is 2.42 bits per heavy atom. The van der Waals surface area contributed by atoms with Crippen molar-refractivity contribution in [1.29, 1.82) is 0 Å². The molecule has 1 fully saturated rings. The second-order valence-electron chi connectivity index (χ2n) is 3.48. The Kier molecular flexibility index (Phi) is 1.75. The van der Waals surface area contributed by atoms with E-state index >= 15 is 0 Å². The number of carbonyl (C=O) groups excluding carboxylic acids is 1. The summed E-state index contributed by atoms with van der Waals surface area (Å²) in [6, 6.07) is 0.725. The maximum atomic E-state index is 11.3. The normalized spacial score (nSPS) is 27.8. The van der Waals surface area contributed by atoms with Gasteiger partial charge in [-0.2, -0.15) is 0 Å². The number of aliphatic imine (C=N–C) groups is 1. The molecule has 4 nitrogen and oxygen atoms in total. The number of hydrogen-bond donors (Lipinski definition) is 2. The summed E-state index contributed by atoms with van der Waals surface area (Å²) in [6.45, 7) is 2.73. The summed E-state index contributed by atoms with van der Waals surface area (Å²) in [5.74, 6) is 0.469. The Balaban J connectivity index is 1.86. The summed E-state index contributed by atoms with van der Waals surface area (Å²) in [4.78, 5) is 15.4. The molecular weight excluding hydrogens is 154 g/mol. The SMILES string of the molecule is CC1CN=C(C(=O)NC2CC2)N1. The van der Waals surface area contributed by atoms with Gasteiger partial charge in [0.1, 0.15) is 0 Å². The van der Waals surface area contributed by atoms with Crippen molar-refractivity contribution < 1.29 is 4.79 Å². The Labute approximate surface area is 71.4 Å². The van der Waals surface area contributed by atoms with Crippen molar-refractivity contribution in [2.75, 3.05) is 6.54 Å². The van der Waals surface area contributed by atoms with Crippen LogP contribution in [0.15, 0.2) is 4.99 Å². The first kappa shape index (κ1) is 7.58. The third kappa shape index (κ3) is 1.57. The van der Waals surface area contributed by atoms with Gasteiger partial charge < -0.3 is 10.6 Å². The number of nitrogens with one attached hydrogen (secondary N) is 2. The van der Waals surface area contributed by atoms with Crippen molar-refractivity contribution in [3.63, 3.8) is 0 Å². The highest BCUT2D eigenvalue weighted by molar-refractivity contribution is 6.38. The van der Waals surface area contributed by atoms with Crippen LogP contribution in [0.3, 0.4) is 0 Å². The van der Waals surface area contributed by atoms with Gasteiger partial charge >= 0.3 is 0 Å². The minimum Gasteiger partial charge on any atom is -0.361 e. The smallest absolute Gasteiger partial charge is 0.286 e. The van der Waals surface area contributed by atoms with Crippen molar-refractivity contribution in [2.24, 2.45) is 4.99 Å². The van der Waals surface area contributed by atoms with Gasteiger partial charge in [0, 0.05) is 12.1 Å². The molecule has 12 heavy (non-hydrogen) atoms. The molecule has 0 aromatic carbocycles. The number of nitrogens with zero attached hydrogens (tertiary/aromatic N) is 1. The summed E-state index contributed by atoms with van der Waals surface area (Å²) in [5.41, 5.74) is 0. The third-order valence-electron chi connectivity index (χ3n) is 2.03. The molecule has 1 aliphatic heterocycles. The maximum absolute atomic E-state index is 11.3. The van der Waals surface area contributed by atoms with Crippen LogP contribution in [0.5, 0.6) is 0 Å². The Hall–Kier alpha value is -1.06. The molecule has 0 saturated heterocycles. The van der Waals surface area contributed by atoms with Gasteiger partial charge in [0.15, 0.2) is 5.84 Å². The zero-order valence-corrected chi connectivity index (χ0v) is 7.13. The molecular formula is C8H13N3O. The molecule has 0 aromatic heterocycles. The Morgan fingerprint density at radius 1 is 1.67 bits per heavy atom. The minimum absolute atomic E-state index is 0.0400. The van der Waals surface area contributed by atoms with E-state index in [1.54, 1.807) is 0 Å². The zero-order valence-electron chi connectivity index (χ0n) is 7.13. The highest BCUT2D eigenvalue weighted by Crippen LogP contribution is 2.18. The molecule has 0 bridgehead atoms. The lowest BCUT2D eigenvalue weighted by Crippen LogP contribution is -2.40. The average Bonchev–Trinajstić information content (AvgIpc) is 2.72. The van der Waals surface area contributed by atoms with E-state index in [9.17, 15) is 4.79 Å². The van der Waals surface area contributed by atoms with Crippen LogP contribution in [-0.4, -0.2) is 30.4 Å². The molecule has 0 aromatic rings. The zero-order chi connectivity index (χ0) is 8.55. The van der Waals surface area contributed by atoms with E-state index in [1.165, 1.54) is 0 Å². The summed E-state index contributed by atoms with van der Waals surface area (Å²) in [6.07, 6.45) is 2.24. The number of rotatable bonds is 2. The van der Waals surface area contributed by atoms with Crippen molar-refractivity contribution >= 4 is 11.7 Å². The molecule has 1 unspecified atom stereocenters. The van der Waals surface area contributed by atoms with Crippen LogP contribution in [0.1, 0.15) is 19.8 Å². The maximum Gasteiger partial charge on any atom is 0.286 e. The molecule has 1 aliphatic carbocycles. The van der Waals surface area contributed by atoms with Gasteiger partial charge in [0.2, 0.25) is 0 Å². The fourth-order valence-electron chi connectivity index (χ4n) is 1.17. The van der Waals surface area contributed by atoms with E-state index in [1.807, 2.05) is 6.92 Å². The Bertz CT molecular complexity index is 232. The fourth-order valence-corrected chi connectivity index (χ4v) is 1.17. The molecule has 66 valence electrons. The second kappa shape index (κ2) is 2.77. The Morgan fingerprint density at radius 3 is 2.92 bits per heavy atom. The van der Waals surface area contributed by atoms with Crippen LogP contribution in [-0.2, 0) is 4.79 Å². The summed E-state index contributed by atoms with van der Waals surface area (Å²) in [5, 5.41) is 5.91. The number of hydrogen-bond acceptors (Lipinski definition) is 3. The van der Waals surface area contributed by atoms with Crippen LogP contribution in [0.25, 0.3) is 0 Å². The van der Waals surface area contributed by atoms with E-state index in [0.29, 0.717) is 24.5 Å². The van der Waals surface area contributed by atoms with Gasteiger partial charge in [-0.05, 0) is 19.8 Å². The molecule has 2 N–H and O–H groups in total. The van der Waals surface area contributed by atoms with Gasteiger partial charge in [-0.3, -0.25) is 9.79 Å². The molecule has 2 rings (SSSR count). The second-order valence-corrected chi connectivity index (χ2v) is 3.48. The molecule has 1 saturated carbocycles. The average molecular weight is 167 g/mol. The minimum atomic E-state index is -0.0400. The van der Waals surface area contributed by atoms with Crippen molar-refractivity contribution in [3.05, 3.63) is 0 Å². The van der Waals surface area contributed by atoms with Crippen LogP contribution in [0, 0.1) is 0 Å². The van der Waals surface area contributed by atoms with E-state index in [-0.39, 0.29) is 5.91 Å². The van der Waals surface area contributed by atoms with Crippen molar-refractivity contribution in [3.8, 4) is 0 Å². The van der Waals surface area contributed by atoms with Crippen LogP contribution in [0.4, 0.5) is 0 Å². The largest absolute Gasteiger partial charge is 0.361 e. The van der Waals surface area contributed by atoms with E-state index in [4.69, 9.17) is 0 Å². The highest BCUT2D eigenvalue weighted by Gasteiger charge is 2.27. The van der Waals surface area contributed by atoms with Gasteiger partial charge in [-0.15, -0.1) is 0 Å². The fraction of sp³-hybridized carbons (Fsp3) is 0.750. The number of amides is 1. The summed E-state index contributed by atoms with van der Waals surface area (Å²) >= 11 is 0. The van der Waals surface area contributed by atoms with Crippen molar-refractivity contribution in [1.82, 2.24) is 10.6 Å². The lowest BCUT2D eigenvalue weighted by molar-refractivity contribution is -0.115. The summed E-state index contributed by atoms with van der Waals surface area (Å²) in [7, 11) is 0. The number of carbonyl (C=O) groups is 1. The molecule has 0 spiro atoms. The predicted octanol–water partition coefficient (Wildman–Crippen LogP) is -0.345. The molecule has 1 amide bonds. The first-order chi connectivity index (χ1) is 5.75. The van der Waals surface area contributed by atoms with Gasteiger partial charge in [-0.1, -0.05) is 0 Å². The van der Waals surface area contributed by atoms with E-state index in [0.717, 1.165) is 12.8 Å². The van der Waals surface area contributed by atoms with Crippen LogP contribution >= 0.6 is 0 Å². The van der Waals surface area contributed by atoms with E-state index < -0.39 is 0 Å². The van der Waals surface area contributed by atoms with Gasteiger partial charge in [-0.25, -0.2) is 0 Å². The molecule has 1 heterocycles. The van der Waals surface area contributed by atoms with Crippen LogP contribution in [0.2, 0.25) is 0 Å². The van der Waals surface area contributed by atoms with Crippen LogP contribution < -0.4 is 10.6 Å². The monoisotopic (exact) mass is 167 g/mol. The third-order valence-corrected chi connectivity index (χ3v) is 2.03. The quantitative estimate of drug-likeness (QED) is 0.591. The van der Waals surface area contributed by atoms with Crippen molar-refractivity contribution in [2.45, 2.75) is 31.8 Å². The lowest BCUT2D eigenvalue weighted by Gasteiger charge is -2.05. The highest BCUT2D eigenvalue weighted by atomic mass is 16.2. The van der Waals surface area contributed by atoms with Gasteiger partial charge in [0.05, 0.1) is 6.54 Å². The van der Waals surface area contributed by atoms with E-state index in [2.05, 4.69) is 15.6 Å². The molecule has 2 aliphatic rings. The summed E-state index contributed by atoms with van der Waals surface area (Å²) < 4.78 is 0. The molecule has 1 atom stereocenters. The number of amidine groups is 1. The van der Waals surface area contributed by atoms with Gasteiger partial charge in [0.25, 0.3) is 5.91 Å². The first-order valence-electron chi connectivity index (χ1n) is 4.37. The first-order valence-corrected chi connectivity index (χ1v) is 4.37. The topological polar surface area (TPSA) is 53.5 Å². The molecule has 0 radical (unpaired) electrons.